The highest BCUT2D eigenvalue weighted by atomic mass is 35.5. The van der Waals surface area contributed by atoms with Gasteiger partial charge < -0.3 is 14.2 Å². The number of hydrogen-bond acceptors (Lipinski definition) is 5. The second kappa shape index (κ2) is 12.1. The third kappa shape index (κ3) is 6.43. The molecule has 0 saturated heterocycles. The van der Waals surface area contributed by atoms with Crippen molar-refractivity contribution >= 4 is 27.3 Å². The molecule has 0 heterocycles. The maximum atomic E-state index is 13.6. The number of nitrogens with zero attached hydrogens (tertiary/aromatic N) is 1. The summed E-state index contributed by atoms with van der Waals surface area (Å²) < 4.78 is 44.9. The fraction of sp³-hybridized carbons (Fsp3) is 0.478. The largest absolute Gasteiger partial charge is 0.495 e. The standard InChI is InChI=1S/C23H32ClNO5S/c1-5-7-8-9-10-15-25(21-17-22(28-3)20(24)16-23(21)29-4)31(26,27)19-13-11-18(12-14-19)30-6-2/h11-14,16-17H,5-10,15H2,1-4H3. The van der Waals surface area contributed by atoms with Gasteiger partial charge in [-0.2, -0.15) is 0 Å². The van der Waals surface area contributed by atoms with E-state index in [1.807, 2.05) is 6.92 Å². The smallest absolute Gasteiger partial charge is 0.264 e. The molecule has 0 radical (unpaired) electrons. The Morgan fingerprint density at radius 3 is 2.13 bits per heavy atom. The molecule has 31 heavy (non-hydrogen) atoms. The lowest BCUT2D eigenvalue weighted by Crippen LogP contribution is -2.32. The fourth-order valence-corrected chi connectivity index (χ4v) is 5.01. The first-order valence-corrected chi connectivity index (χ1v) is 12.4. The van der Waals surface area contributed by atoms with Crippen LogP contribution in [-0.2, 0) is 10.0 Å². The zero-order chi connectivity index (χ0) is 22.9. The van der Waals surface area contributed by atoms with Gasteiger partial charge in [-0.3, -0.25) is 4.31 Å². The molecule has 0 bridgehead atoms. The Labute approximate surface area is 191 Å². The summed E-state index contributed by atoms with van der Waals surface area (Å²) in [4.78, 5) is 0.181. The molecule has 0 saturated carbocycles. The Morgan fingerprint density at radius 2 is 1.55 bits per heavy atom. The topological polar surface area (TPSA) is 65.1 Å². The van der Waals surface area contributed by atoms with E-state index >= 15 is 0 Å². The van der Waals surface area contributed by atoms with Gasteiger partial charge in [-0.15, -0.1) is 0 Å². The van der Waals surface area contributed by atoms with Crippen LogP contribution in [0.5, 0.6) is 17.2 Å². The van der Waals surface area contributed by atoms with Crippen molar-refractivity contribution in [3.63, 3.8) is 0 Å². The van der Waals surface area contributed by atoms with Gasteiger partial charge in [0.2, 0.25) is 0 Å². The summed E-state index contributed by atoms with van der Waals surface area (Å²) in [6.07, 6.45) is 4.98. The average molecular weight is 470 g/mol. The maximum absolute atomic E-state index is 13.6. The van der Waals surface area contributed by atoms with Gasteiger partial charge >= 0.3 is 0 Å². The van der Waals surface area contributed by atoms with Crippen molar-refractivity contribution in [1.82, 2.24) is 0 Å². The molecule has 0 atom stereocenters. The molecule has 6 nitrogen and oxygen atoms in total. The van der Waals surface area contributed by atoms with E-state index in [-0.39, 0.29) is 4.90 Å². The molecule has 0 aliphatic rings. The van der Waals surface area contributed by atoms with Crippen molar-refractivity contribution in [1.29, 1.82) is 0 Å². The van der Waals surface area contributed by atoms with E-state index in [4.69, 9.17) is 25.8 Å². The van der Waals surface area contributed by atoms with Gasteiger partial charge in [0.25, 0.3) is 10.0 Å². The lowest BCUT2D eigenvalue weighted by Gasteiger charge is -2.27. The average Bonchev–Trinajstić information content (AvgIpc) is 2.77. The van der Waals surface area contributed by atoms with Crippen LogP contribution < -0.4 is 18.5 Å². The minimum atomic E-state index is -3.85. The number of sulfonamides is 1. The van der Waals surface area contributed by atoms with Crippen molar-refractivity contribution < 1.29 is 22.6 Å². The minimum Gasteiger partial charge on any atom is -0.495 e. The number of anilines is 1. The van der Waals surface area contributed by atoms with Crippen LogP contribution in [0.25, 0.3) is 0 Å². The molecule has 172 valence electrons. The second-order valence-electron chi connectivity index (χ2n) is 7.05. The predicted octanol–water partition coefficient (Wildman–Crippen LogP) is 5.92. The zero-order valence-corrected chi connectivity index (χ0v) is 20.3. The van der Waals surface area contributed by atoms with Crippen molar-refractivity contribution in [2.75, 3.05) is 31.7 Å². The quantitative estimate of drug-likeness (QED) is 0.340. The first-order valence-electron chi connectivity index (χ1n) is 10.6. The third-order valence-electron chi connectivity index (χ3n) is 4.91. The SMILES string of the molecule is CCCCCCCN(c1cc(OC)c(Cl)cc1OC)S(=O)(=O)c1ccc(OCC)cc1. The Balaban J connectivity index is 2.47. The minimum absolute atomic E-state index is 0.181. The van der Waals surface area contributed by atoms with Gasteiger partial charge in [-0.05, 0) is 37.6 Å². The first-order chi connectivity index (χ1) is 14.9. The molecule has 2 aromatic carbocycles. The Bertz CT molecular complexity index is 932. The third-order valence-corrected chi connectivity index (χ3v) is 7.03. The molecule has 0 unspecified atom stereocenters. The molecule has 0 N–H and O–H groups in total. The highest BCUT2D eigenvalue weighted by Gasteiger charge is 2.28. The van der Waals surface area contributed by atoms with Crippen LogP contribution in [0.2, 0.25) is 5.02 Å². The van der Waals surface area contributed by atoms with Crippen molar-refractivity contribution in [2.24, 2.45) is 0 Å². The van der Waals surface area contributed by atoms with Crippen LogP contribution in [0.15, 0.2) is 41.3 Å². The predicted molar refractivity (Wildman–Crippen MR) is 125 cm³/mol. The summed E-state index contributed by atoms with van der Waals surface area (Å²) in [5.41, 5.74) is 0.396. The highest BCUT2D eigenvalue weighted by Crippen LogP contribution is 2.40. The van der Waals surface area contributed by atoms with Crippen LogP contribution >= 0.6 is 11.6 Å². The molecule has 2 rings (SSSR count). The molecular weight excluding hydrogens is 438 g/mol. The Morgan fingerprint density at radius 1 is 0.903 bits per heavy atom. The van der Waals surface area contributed by atoms with Crippen LogP contribution in [0.1, 0.15) is 46.0 Å². The number of unbranched alkanes of at least 4 members (excludes halogenated alkanes) is 4. The van der Waals surface area contributed by atoms with Crippen molar-refractivity contribution in [3.8, 4) is 17.2 Å². The van der Waals surface area contributed by atoms with Gasteiger partial charge in [-0.1, -0.05) is 44.2 Å². The lowest BCUT2D eigenvalue weighted by molar-refractivity contribution is 0.340. The number of benzene rings is 2. The van der Waals surface area contributed by atoms with Gasteiger partial charge in [0.1, 0.15) is 17.2 Å². The second-order valence-corrected chi connectivity index (χ2v) is 9.32. The summed E-state index contributed by atoms with van der Waals surface area (Å²) in [7, 11) is -0.866. The lowest BCUT2D eigenvalue weighted by atomic mass is 10.1. The summed E-state index contributed by atoms with van der Waals surface area (Å²) in [6, 6.07) is 9.63. The van der Waals surface area contributed by atoms with Crippen LogP contribution in [0.4, 0.5) is 5.69 Å². The molecule has 0 amide bonds. The summed E-state index contributed by atoms with van der Waals surface area (Å²) in [5, 5.41) is 0.351. The normalized spacial score (nSPS) is 11.3. The van der Waals surface area contributed by atoms with E-state index in [9.17, 15) is 8.42 Å². The monoisotopic (exact) mass is 469 g/mol. The number of methoxy groups -OCH3 is 2. The zero-order valence-electron chi connectivity index (χ0n) is 18.7. The van der Waals surface area contributed by atoms with E-state index in [0.29, 0.717) is 41.1 Å². The molecule has 0 fully saturated rings. The Hall–Kier alpha value is -2.12. The van der Waals surface area contributed by atoms with Crippen LogP contribution in [-0.4, -0.2) is 35.8 Å². The number of ether oxygens (including phenoxy) is 3. The summed E-state index contributed by atoms with van der Waals surface area (Å²) in [5.74, 6) is 1.38. The van der Waals surface area contributed by atoms with Gasteiger partial charge in [0, 0.05) is 18.7 Å². The first kappa shape index (κ1) is 25.1. The molecule has 8 heteroatoms. The molecule has 0 aliphatic carbocycles. The van der Waals surface area contributed by atoms with E-state index < -0.39 is 10.0 Å². The van der Waals surface area contributed by atoms with Crippen molar-refractivity contribution in [2.45, 2.75) is 50.8 Å². The van der Waals surface area contributed by atoms with E-state index in [2.05, 4.69) is 6.92 Å². The van der Waals surface area contributed by atoms with Gasteiger partial charge in [0.15, 0.2) is 0 Å². The Kier molecular flexibility index (Phi) is 9.78. The number of halogens is 1. The van der Waals surface area contributed by atoms with Crippen molar-refractivity contribution in [3.05, 3.63) is 41.4 Å². The molecule has 0 aromatic heterocycles. The molecule has 2 aromatic rings. The van der Waals surface area contributed by atoms with E-state index in [0.717, 1.165) is 32.1 Å². The van der Waals surface area contributed by atoms with E-state index in [1.54, 1.807) is 36.4 Å². The van der Waals surface area contributed by atoms with Gasteiger partial charge in [0.05, 0.1) is 36.4 Å². The summed E-state index contributed by atoms with van der Waals surface area (Å²) >= 11 is 6.24. The summed E-state index contributed by atoms with van der Waals surface area (Å²) in [6.45, 7) is 4.86. The fourth-order valence-electron chi connectivity index (χ4n) is 3.27. The molecule has 0 spiro atoms. The van der Waals surface area contributed by atoms with Crippen LogP contribution in [0, 0.1) is 0 Å². The van der Waals surface area contributed by atoms with Gasteiger partial charge in [-0.25, -0.2) is 8.42 Å². The molecule has 0 aliphatic heterocycles. The number of rotatable bonds is 13. The molecular formula is C23H32ClNO5S. The maximum Gasteiger partial charge on any atom is 0.264 e. The van der Waals surface area contributed by atoms with E-state index in [1.165, 1.54) is 18.5 Å². The van der Waals surface area contributed by atoms with Crippen LogP contribution in [0.3, 0.4) is 0 Å². The highest BCUT2D eigenvalue weighted by molar-refractivity contribution is 7.92. The number of hydrogen-bond donors (Lipinski definition) is 0.